The van der Waals surface area contributed by atoms with Crippen molar-refractivity contribution in [3.8, 4) is 11.9 Å². The molecule has 1 atom stereocenters. The molecule has 1 unspecified atom stereocenters. The molecule has 0 saturated heterocycles. The van der Waals surface area contributed by atoms with Gasteiger partial charge in [0, 0.05) is 18.3 Å². The molecule has 0 bridgehead atoms. The largest absolute Gasteiger partial charge is 0.464 e. The number of ether oxygens (including phenoxy) is 2. The Morgan fingerprint density at radius 3 is 2.88 bits per heavy atom. The second-order valence-electron chi connectivity index (χ2n) is 5.85. The Kier molecular flexibility index (Phi) is 3.08. The highest BCUT2D eigenvalue weighted by Gasteiger charge is 2.61. The van der Waals surface area contributed by atoms with Crippen LogP contribution in [0.25, 0.3) is 0 Å². The molecule has 4 rings (SSSR count). The molecule has 26 heavy (non-hydrogen) atoms. The molecule has 0 fully saturated rings. The van der Waals surface area contributed by atoms with Gasteiger partial charge in [-0.25, -0.2) is 4.79 Å². The van der Waals surface area contributed by atoms with Gasteiger partial charge in [-0.3, -0.25) is 9.89 Å². The first-order chi connectivity index (χ1) is 12.5. The summed E-state index contributed by atoms with van der Waals surface area (Å²) in [6, 6.07) is 8.96. The molecule has 1 amide bonds. The van der Waals surface area contributed by atoms with Crippen molar-refractivity contribution in [3.63, 3.8) is 0 Å². The van der Waals surface area contributed by atoms with E-state index in [1.807, 2.05) is 6.07 Å². The SMILES string of the molecule is COC(=O)c1[nH]nc2c1C1(C(=O)N(C)c3ccccc31)C(C#N)=C(N)O2. The summed E-state index contributed by atoms with van der Waals surface area (Å²) in [4.78, 5) is 27.1. The Morgan fingerprint density at radius 2 is 2.19 bits per heavy atom. The number of aromatic nitrogens is 2. The first-order valence-corrected chi connectivity index (χ1v) is 7.61. The van der Waals surface area contributed by atoms with Crippen LogP contribution in [0.3, 0.4) is 0 Å². The average Bonchev–Trinajstić information content (AvgIpc) is 3.16. The average molecular weight is 351 g/mol. The number of anilines is 1. The van der Waals surface area contributed by atoms with Crippen molar-refractivity contribution in [2.24, 2.45) is 5.73 Å². The zero-order valence-electron chi connectivity index (χ0n) is 13.9. The van der Waals surface area contributed by atoms with Crippen molar-refractivity contribution in [1.29, 1.82) is 5.26 Å². The van der Waals surface area contributed by atoms with Crippen LogP contribution in [-0.2, 0) is 14.9 Å². The van der Waals surface area contributed by atoms with Gasteiger partial charge in [0.05, 0.1) is 12.7 Å². The quantitative estimate of drug-likeness (QED) is 0.716. The van der Waals surface area contributed by atoms with Crippen molar-refractivity contribution in [2.45, 2.75) is 5.41 Å². The number of fused-ring (bicyclic) bond motifs is 4. The van der Waals surface area contributed by atoms with Crippen LogP contribution in [0.15, 0.2) is 35.7 Å². The zero-order chi connectivity index (χ0) is 18.6. The molecule has 2 aromatic rings. The number of amides is 1. The van der Waals surface area contributed by atoms with Gasteiger partial charge >= 0.3 is 5.97 Å². The van der Waals surface area contributed by atoms with Gasteiger partial charge < -0.3 is 20.1 Å². The predicted molar refractivity (Wildman–Crippen MR) is 88.0 cm³/mol. The Hall–Kier alpha value is -3.80. The minimum atomic E-state index is -1.63. The van der Waals surface area contributed by atoms with Crippen molar-refractivity contribution in [2.75, 3.05) is 19.1 Å². The van der Waals surface area contributed by atoms with E-state index in [-0.39, 0.29) is 28.6 Å². The van der Waals surface area contributed by atoms with Crippen LogP contribution >= 0.6 is 0 Å². The van der Waals surface area contributed by atoms with Crippen LogP contribution < -0.4 is 15.4 Å². The Morgan fingerprint density at radius 1 is 1.46 bits per heavy atom. The summed E-state index contributed by atoms with van der Waals surface area (Å²) in [6.07, 6.45) is 0. The van der Waals surface area contributed by atoms with E-state index in [1.54, 1.807) is 31.3 Å². The molecule has 3 N–H and O–H groups in total. The van der Waals surface area contributed by atoms with Gasteiger partial charge in [-0.2, -0.15) is 5.26 Å². The van der Waals surface area contributed by atoms with Gasteiger partial charge in [0.1, 0.15) is 17.1 Å². The number of hydrogen-bond donors (Lipinski definition) is 2. The fourth-order valence-corrected chi connectivity index (χ4v) is 3.64. The fraction of sp³-hybridized carbons (Fsp3) is 0.176. The van der Waals surface area contributed by atoms with E-state index in [0.717, 1.165) is 0 Å². The number of para-hydroxylation sites is 1. The van der Waals surface area contributed by atoms with Crippen molar-refractivity contribution >= 4 is 17.6 Å². The van der Waals surface area contributed by atoms with Crippen LogP contribution in [0.5, 0.6) is 5.88 Å². The van der Waals surface area contributed by atoms with Gasteiger partial charge in [0.2, 0.25) is 17.7 Å². The van der Waals surface area contributed by atoms with Gasteiger partial charge in [-0.1, -0.05) is 18.2 Å². The molecule has 0 aliphatic carbocycles. The predicted octanol–water partition coefficient (Wildman–Crippen LogP) is 0.545. The number of rotatable bonds is 1. The summed E-state index contributed by atoms with van der Waals surface area (Å²) >= 11 is 0. The molecule has 2 aliphatic rings. The highest BCUT2D eigenvalue weighted by molar-refractivity contribution is 6.15. The van der Waals surface area contributed by atoms with Gasteiger partial charge in [-0.05, 0) is 6.07 Å². The molecular formula is C17H13N5O4. The zero-order valence-corrected chi connectivity index (χ0v) is 13.9. The number of likely N-dealkylation sites (N-methyl/N-ethyl adjacent to an activating group) is 1. The third-order valence-corrected chi connectivity index (χ3v) is 4.73. The molecule has 1 aromatic carbocycles. The highest BCUT2D eigenvalue weighted by Crippen LogP contribution is 2.55. The molecule has 1 aromatic heterocycles. The fourth-order valence-electron chi connectivity index (χ4n) is 3.64. The number of nitriles is 1. The number of nitrogens with two attached hydrogens (primary N) is 1. The smallest absolute Gasteiger partial charge is 0.356 e. The van der Waals surface area contributed by atoms with E-state index in [4.69, 9.17) is 15.2 Å². The van der Waals surface area contributed by atoms with Crippen LogP contribution in [0.4, 0.5) is 5.69 Å². The standard InChI is InChI=1S/C17H13N5O4/c1-22-10-6-4-3-5-8(10)17(16(22)24)9(7-18)13(19)26-14-11(17)12(20-21-14)15(23)25-2/h3-6H,19H2,1-2H3,(H,20,21). The summed E-state index contributed by atoms with van der Waals surface area (Å²) in [5.41, 5.74) is 5.38. The van der Waals surface area contributed by atoms with E-state index in [0.29, 0.717) is 11.3 Å². The number of benzene rings is 1. The monoisotopic (exact) mass is 351 g/mol. The van der Waals surface area contributed by atoms with E-state index in [2.05, 4.69) is 10.2 Å². The minimum absolute atomic E-state index is 0.0413. The van der Waals surface area contributed by atoms with Crippen molar-refractivity contribution in [1.82, 2.24) is 10.2 Å². The van der Waals surface area contributed by atoms with E-state index in [9.17, 15) is 14.9 Å². The summed E-state index contributed by atoms with van der Waals surface area (Å²) < 4.78 is 10.2. The first-order valence-electron chi connectivity index (χ1n) is 7.61. The number of H-pyrrole nitrogens is 1. The third kappa shape index (κ3) is 1.60. The van der Waals surface area contributed by atoms with Crippen molar-refractivity contribution in [3.05, 3.63) is 52.5 Å². The number of aromatic amines is 1. The number of nitrogens with one attached hydrogen (secondary N) is 1. The second kappa shape index (κ2) is 5.10. The summed E-state index contributed by atoms with van der Waals surface area (Å²) in [7, 11) is 2.80. The molecule has 0 radical (unpaired) electrons. The maximum absolute atomic E-state index is 13.4. The summed E-state index contributed by atoms with van der Waals surface area (Å²) in [5, 5.41) is 16.3. The molecule has 0 saturated carbocycles. The number of carbonyl (C=O) groups excluding carboxylic acids is 2. The van der Waals surface area contributed by atoms with Gasteiger partial charge in [0.15, 0.2) is 5.69 Å². The lowest BCUT2D eigenvalue weighted by Gasteiger charge is -2.32. The lowest BCUT2D eigenvalue weighted by atomic mass is 9.69. The van der Waals surface area contributed by atoms with Crippen LogP contribution in [0, 0.1) is 11.3 Å². The maximum Gasteiger partial charge on any atom is 0.356 e. The Labute approximate surface area is 147 Å². The Bertz CT molecular complexity index is 1050. The summed E-state index contributed by atoms with van der Waals surface area (Å²) in [5.74, 6) is -1.45. The first kappa shape index (κ1) is 15.7. The molecule has 3 heterocycles. The third-order valence-electron chi connectivity index (χ3n) is 4.73. The van der Waals surface area contributed by atoms with Gasteiger partial charge in [-0.15, -0.1) is 5.10 Å². The van der Waals surface area contributed by atoms with Gasteiger partial charge in [0.25, 0.3) is 0 Å². The molecule has 130 valence electrons. The summed E-state index contributed by atoms with van der Waals surface area (Å²) in [6.45, 7) is 0. The van der Waals surface area contributed by atoms with E-state index in [1.165, 1.54) is 12.0 Å². The number of hydrogen-bond acceptors (Lipinski definition) is 7. The molecular weight excluding hydrogens is 338 g/mol. The molecule has 1 spiro atoms. The number of esters is 1. The van der Waals surface area contributed by atoms with E-state index < -0.39 is 17.3 Å². The molecule has 2 aliphatic heterocycles. The van der Waals surface area contributed by atoms with Crippen molar-refractivity contribution < 1.29 is 19.1 Å². The normalized spacial score (nSPS) is 20.5. The highest BCUT2D eigenvalue weighted by atomic mass is 16.5. The minimum Gasteiger partial charge on any atom is -0.464 e. The number of nitrogens with zero attached hydrogens (tertiary/aromatic N) is 3. The van der Waals surface area contributed by atoms with Crippen LogP contribution in [0.2, 0.25) is 0 Å². The lowest BCUT2D eigenvalue weighted by Crippen LogP contribution is -2.45. The second-order valence-corrected chi connectivity index (χ2v) is 5.85. The number of carbonyl (C=O) groups is 2. The number of methoxy groups -OCH3 is 1. The molecule has 9 heteroatoms. The lowest BCUT2D eigenvalue weighted by molar-refractivity contribution is -0.120. The Balaban J connectivity index is 2.18. The topological polar surface area (TPSA) is 134 Å². The van der Waals surface area contributed by atoms with Crippen LogP contribution in [0.1, 0.15) is 21.6 Å². The maximum atomic E-state index is 13.4. The van der Waals surface area contributed by atoms with Crippen LogP contribution in [-0.4, -0.2) is 36.2 Å². The van der Waals surface area contributed by atoms with E-state index >= 15 is 0 Å². The molecule has 9 nitrogen and oxygen atoms in total.